The summed E-state index contributed by atoms with van der Waals surface area (Å²) in [7, 11) is 1.25. The first-order valence-corrected chi connectivity index (χ1v) is 7.27. The lowest BCUT2D eigenvalue weighted by Crippen LogP contribution is -2.19. The molecule has 2 aromatic carbocycles. The highest BCUT2D eigenvalue weighted by Crippen LogP contribution is 2.35. The quantitative estimate of drug-likeness (QED) is 0.559. The van der Waals surface area contributed by atoms with Crippen LogP contribution in [-0.2, 0) is 6.18 Å². The number of hydrogen-bond acceptors (Lipinski definition) is 2. The van der Waals surface area contributed by atoms with Gasteiger partial charge < -0.3 is 15.4 Å². The topological polar surface area (TPSA) is 33.3 Å². The number of rotatable bonds is 3. The highest BCUT2D eigenvalue weighted by molar-refractivity contribution is 7.80. The number of hydrogen-bond donors (Lipinski definition) is 2. The molecule has 2 N–H and O–H groups in total. The van der Waals surface area contributed by atoms with Crippen LogP contribution in [0.15, 0.2) is 36.4 Å². The van der Waals surface area contributed by atoms with E-state index in [4.69, 9.17) is 28.6 Å². The summed E-state index contributed by atoms with van der Waals surface area (Å²) in [5.41, 5.74) is -0.171. The van der Waals surface area contributed by atoms with Crippen LogP contribution in [0.2, 0.25) is 5.02 Å². The summed E-state index contributed by atoms with van der Waals surface area (Å²) in [6, 6.07) is 6.87. The van der Waals surface area contributed by atoms with Gasteiger partial charge >= 0.3 is 6.18 Å². The summed E-state index contributed by atoms with van der Waals surface area (Å²) < 4.78 is 56.1. The van der Waals surface area contributed by atoms with Crippen molar-refractivity contribution in [3.05, 3.63) is 52.8 Å². The predicted octanol–water partition coefficient (Wildman–Crippen LogP) is 5.32. The van der Waals surface area contributed by atoms with Crippen molar-refractivity contribution in [1.29, 1.82) is 0 Å². The number of benzene rings is 2. The van der Waals surface area contributed by atoms with Crippen LogP contribution in [-0.4, -0.2) is 12.2 Å². The molecule has 0 heterocycles. The second kappa shape index (κ2) is 7.23. The number of ether oxygens (including phenoxy) is 1. The van der Waals surface area contributed by atoms with Gasteiger partial charge in [-0.1, -0.05) is 11.6 Å². The van der Waals surface area contributed by atoms with Crippen LogP contribution in [0.5, 0.6) is 5.75 Å². The number of halogens is 5. The number of nitrogens with one attached hydrogen (secondary N) is 2. The van der Waals surface area contributed by atoms with Crippen LogP contribution in [0.25, 0.3) is 0 Å². The second-order valence-electron chi connectivity index (χ2n) is 4.62. The van der Waals surface area contributed by atoms with Crippen molar-refractivity contribution in [2.75, 3.05) is 17.7 Å². The lowest BCUT2D eigenvalue weighted by atomic mass is 10.2. The van der Waals surface area contributed by atoms with E-state index in [-0.39, 0.29) is 21.6 Å². The predicted molar refractivity (Wildman–Crippen MR) is 89.2 cm³/mol. The van der Waals surface area contributed by atoms with E-state index >= 15 is 0 Å². The molecule has 3 nitrogen and oxygen atoms in total. The Morgan fingerprint density at radius 2 is 1.83 bits per heavy atom. The molecule has 24 heavy (non-hydrogen) atoms. The average molecular weight is 379 g/mol. The molecule has 128 valence electrons. The molecule has 0 bridgehead atoms. The molecule has 0 aliphatic heterocycles. The zero-order valence-corrected chi connectivity index (χ0v) is 13.7. The van der Waals surface area contributed by atoms with Crippen molar-refractivity contribution >= 4 is 40.3 Å². The van der Waals surface area contributed by atoms with Gasteiger partial charge in [0.2, 0.25) is 0 Å². The molecule has 0 saturated carbocycles. The Kier molecular flexibility index (Phi) is 5.51. The first kappa shape index (κ1) is 18.3. The van der Waals surface area contributed by atoms with Crippen LogP contribution in [0.1, 0.15) is 5.56 Å². The molecule has 9 heteroatoms. The number of methoxy groups -OCH3 is 1. The molecule has 0 radical (unpaired) electrons. The SMILES string of the molecule is COc1cc(C(F)(F)F)ccc1NC(=S)Nc1ccc(F)c(Cl)c1. The summed E-state index contributed by atoms with van der Waals surface area (Å²) in [6.07, 6.45) is -4.48. The lowest BCUT2D eigenvalue weighted by molar-refractivity contribution is -0.137. The fraction of sp³-hybridized carbons (Fsp3) is 0.133. The summed E-state index contributed by atoms with van der Waals surface area (Å²) in [5, 5.41) is 5.45. The summed E-state index contributed by atoms with van der Waals surface area (Å²) in [6.45, 7) is 0. The zero-order valence-electron chi connectivity index (χ0n) is 12.2. The molecule has 0 unspecified atom stereocenters. The third kappa shape index (κ3) is 4.48. The third-order valence-corrected chi connectivity index (χ3v) is 3.45. The average Bonchev–Trinajstić information content (AvgIpc) is 2.50. The summed E-state index contributed by atoms with van der Waals surface area (Å²) >= 11 is 10.7. The molecule has 0 saturated heterocycles. The number of alkyl halides is 3. The highest BCUT2D eigenvalue weighted by Gasteiger charge is 2.31. The Morgan fingerprint density at radius 1 is 1.12 bits per heavy atom. The van der Waals surface area contributed by atoms with Gasteiger partial charge in [0.05, 0.1) is 23.4 Å². The van der Waals surface area contributed by atoms with Gasteiger partial charge in [-0.15, -0.1) is 0 Å². The fourth-order valence-corrected chi connectivity index (χ4v) is 2.24. The fourth-order valence-electron chi connectivity index (χ4n) is 1.83. The van der Waals surface area contributed by atoms with Crippen LogP contribution in [0, 0.1) is 5.82 Å². The Morgan fingerprint density at radius 3 is 2.42 bits per heavy atom. The van der Waals surface area contributed by atoms with E-state index in [1.54, 1.807) is 0 Å². The van der Waals surface area contributed by atoms with Gasteiger partial charge in [-0.25, -0.2) is 4.39 Å². The van der Waals surface area contributed by atoms with Gasteiger partial charge in [-0.3, -0.25) is 0 Å². The van der Waals surface area contributed by atoms with Crippen molar-refractivity contribution in [2.45, 2.75) is 6.18 Å². The normalized spacial score (nSPS) is 11.1. The zero-order chi connectivity index (χ0) is 17.9. The minimum Gasteiger partial charge on any atom is -0.495 e. The van der Waals surface area contributed by atoms with Crippen molar-refractivity contribution in [3.63, 3.8) is 0 Å². The van der Waals surface area contributed by atoms with E-state index in [9.17, 15) is 17.6 Å². The Hall–Kier alpha value is -2.06. The molecule has 0 aliphatic rings. The highest BCUT2D eigenvalue weighted by atomic mass is 35.5. The molecule has 2 rings (SSSR count). The lowest BCUT2D eigenvalue weighted by Gasteiger charge is -2.15. The van der Waals surface area contributed by atoms with Crippen LogP contribution < -0.4 is 15.4 Å². The van der Waals surface area contributed by atoms with Gasteiger partial charge in [0, 0.05) is 5.69 Å². The van der Waals surface area contributed by atoms with E-state index in [1.165, 1.54) is 25.3 Å². The van der Waals surface area contributed by atoms with Crippen molar-refractivity contribution in [1.82, 2.24) is 0 Å². The summed E-state index contributed by atoms with van der Waals surface area (Å²) in [4.78, 5) is 0. The van der Waals surface area contributed by atoms with Crippen LogP contribution in [0.3, 0.4) is 0 Å². The van der Waals surface area contributed by atoms with E-state index in [0.717, 1.165) is 18.2 Å². The second-order valence-corrected chi connectivity index (χ2v) is 5.44. The van der Waals surface area contributed by atoms with Crippen molar-refractivity contribution < 1.29 is 22.3 Å². The Labute approximate surface area is 145 Å². The molecule has 0 atom stereocenters. The maximum absolute atomic E-state index is 13.1. The third-order valence-electron chi connectivity index (χ3n) is 2.95. The van der Waals surface area contributed by atoms with Gasteiger partial charge in [0.1, 0.15) is 11.6 Å². The van der Waals surface area contributed by atoms with Gasteiger partial charge in [0.15, 0.2) is 5.11 Å². The van der Waals surface area contributed by atoms with Gasteiger partial charge in [-0.05, 0) is 48.6 Å². The maximum Gasteiger partial charge on any atom is 0.416 e. The van der Waals surface area contributed by atoms with E-state index in [0.29, 0.717) is 5.69 Å². The van der Waals surface area contributed by atoms with Crippen molar-refractivity contribution in [3.8, 4) is 5.75 Å². The first-order chi connectivity index (χ1) is 11.2. The molecular weight excluding hydrogens is 368 g/mol. The molecule has 0 aliphatic carbocycles. The monoisotopic (exact) mass is 378 g/mol. The summed E-state index contributed by atoms with van der Waals surface area (Å²) in [5.74, 6) is -0.600. The standard InChI is InChI=1S/C15H11ClF4N2OS/c1-23-13-6-8(15(18,19)20)2-5-12(13)22-14(24)21-9-3-4-11(17)10(16)7-9/h2-7H,1H3,(H2,21,22,24). The van der Waals surface area contributed by atoms with Gasteiger partial charge in [-0.2, -0.15) is 13.2 Å². The maximum atomic E-state index is 13.1. The Balaban J connectivity index is 2.15. The van der Waals surface area contributed by atoms with Gasteiger partial charge in [0.25, 0.3) is 0 Å². The molecule has 0 fully saturated rings. The molecule has 0 spiro atoms. The first-order valence-electron chi connectivity index (χ1n) is 6.49. The molecule has 2 aromatic rings. The van der Waals surface area contributed by atoms with E-state index < -0.39 is 17.6 Å². The van der Waals surface area contributed by atoms with Crippen LogP contribution in [0.4, 0.5) is 28.9 Å². The molecule has 0 amide bonds. The minimum atomic E-state index is -4.48. The van der Waals surface area contributed by atoms with Crippen molar-refractivity contribution in [2.24, 2.45) is 0 Å². The minimum absolute atomic E-state index is 0.0221. The smallest absolute Gasteiger partial charge is 0.416 e. The number of anilines is 2. The number of thiocarbonyl (C=S) groups is 1. The van der Waals surface area contributed by atoms with E-state index in [2.05, 4.69) is 10.6 Å². The largest absolute Gasteiger partial charge is 0.495 e. The molecule has 0 aromatic heterocycles. The van der Waals surface area contributed by atoms with E-state index in [1.807, 2.05) is 0 Å². The molecular formula is C15H11ClF4N2OS. The van der Waals surface area contributed by atoms with Crippen LogP contribution >= 0.6 is 23.8 Å². The Bertz CT molecular complexity index is 768.